The zero-order chi connectivity index (χ0) is 10.0. The third-order valence-corrected chi connectivity index (χ3v) is 2.08. The van der Waals surface area contributed by atoms with E-state index in [2.05, 4.69) is 4.98 Å². The summed E-state index contributed by atoms with van der Waals surface area (Å²) in [7, 11) is 0. The first-order valence-corrected chi connectivity index (χ1v) is 4.41. The van der Waals surface area contributed by atoms with Crippen LogP contribution in [0.1, 0.15) is 25.2 Å². The molecular formula is C9H14N2O2. The van der Waals surface area contributed by atoms with Gasteiger partial charge in [-0.3, -0.25) is 9.36 Å². The molecule has 0 atom stereocenters. The molecule has 0 aliphatic carbocycles. The second-order valence-electron chi connectivity index (χ2n) is 2.88. The molecule has 0 radical (unpaired) electrons. The van der Waals surface area contributed by atoms with Crippen LogP contribution in [0.15, 0.2) is 4.79 Å². The lowest BCUT2D eigenvalue weighted by Crippen LogP contribution is -2.25. The molecule has 0 aromatic carbocycles. The van der Waals surface area contributed by atoms with Gasteiger partial charge in [0.2, 0.25) is 5.88 Å². The van der Waals surface area contributed by atoms with Gasteiger partial charge in [-0.25, -0.2) is 0 Å². The highest BCUT2D eigenvalue weighted by Gasteiger charge is 2.09. The van der Waals surface area contributed by atoms with E-state index >= 15 is 0 Å². The van der Waals surface area contributed by atoms with Crippen LogP contribution in [0, 0.1) is 6.92 Å². The molecule has 0 fully saturated rings. The van der Waals surface area contributed by atoms with Gasteiger partial charge >= 0.3 is 0 Å². The van der Waals surface area contributed by atoms with Crippen molar-refractivity contribution in [3.05, 3.63) is 21.7 Å². The molecule has 0 aliphatic rings. The molecule has 0 spiro atoms. The smallest absolute Gasteiger partial charge is 0.260 e. The fourth-order valence-corrected chi connectivity index (χ4v) is 1.28. The van der Waals surface area contributed by atoms with Gasteiger partial charge < -0.3 is 5.11 Å². The Hall–Kier alpha value is -1.32. The SMILES string of the molecule is CCc1nc(O)c(C)c(=O)n1CC. The van der Waals surface area contributed by atoms with Gasteiger partial charge in [0.25, 0.3) is 5.56 Å². The van der Waals surface area contributed by atoms with Crippen LogP contribution in [0.2, 0.25) is 0 Å². The van der Waals surface area contributed by atoms with Gasteiger partial charge in [0.05, 0.1) is 5.56 Å². The van der Waals surface area contributed by atoms with Crippen molar-refractivity contribution in [1.29, 1.82) is 0 Å². The van der Waals surface area contributed by atoms with Crippen LogP contribution in [0.25, 0.3) is 0 Å². The molecule has 0 saturated carbocycles. The minimum absolute atomic E-state index is 0.146. The lowest BCUT2D eigenvalue weighted by atomic mass is 10.3. The summed E-state index contributed by atoms with van der Waals surface area (Å²) in [5.41, 5.74) is 0.172. The molecular weight excluding hydrogens is 168 g/mol. The largest absolute Gasteiger partial charge is 0.493 e. The highest BCUT2D eigenvalue weighted by Crippen LogP contribution is 2.08. The minimum atomic E-state index is -0.147. The molecule has 1 rings (SSSR count). The molecule has 0 bridgehead atoms. The van der Waals surface area contributed by atoms with Gasteiger partial charge in [0.1, 0.15) is 5.82 Å². The lowest BCUT2D eigenvalue weighted by Gasteiger charge is -2.09. The second kappa shape index (κ2) is 3.60. The Labute approximate surface area is 76.9 Å². The van der Waals surface area contributed by atoms with Crippen molar-refractivity contribution in [1.82, 2.24) is 9.55 Å². The second-order valence-corrected chi connectivity index (χ2v) is 2.88. The number of hydrogen-bond acceptors (Lipinski definition) is 3. The summed E-state index contributed by atoms with van der Waals surface area (Å²) in [5.74, 6) is 0.488. The number of aromatic nitrogens is 2. The van der Waals surface area contributed by atoms with Crippen LogP contribution in [-0.2, 0) is 13.0 Å². The average Bonchev–Trinajstić information content (AvgIpc) is 2.13. The van der Waals surface area contributed by atoms with Crippen LogP contribution in [-0.4, -0.2) is 14.7 Å². The summed E-state index contributed by atoms with van der Waals surface area (Å²) < 4.78 is 1.58. The van der Waals surface area contributed by atoms with Crippen molar-refractivity contribution in [2.24, 2.45) is 0 Å². The molecule has 1 aromatic heterocycles. The molecule has 4 heteroatoms. The molecule has 0 amide bonds. The first-order valence-electron chi connectivity index (χ1n) is 4.41. The molecule has 4 nitrogen and oxygen atoms in total. The van der Waals surface area contributed by atoms with Crippen LogP contribution in [0.4, 0.5) is 0 Å². The Bertz CT molecular complexity index is 369. The molecule has 0 aliphatic heterocycles. The van der Waals surface area contributed by atoms with Crippen molar-refractivity contribution in [2.45, 2.75) is 33.7 Å². The van der Waals surface area contributed by atoms with E-state index in [1.165, 1.54) is 0 Å². The predicted molar refractivity (Wildman–Crippen MR) is 50.0 cm³/mol. The van der Waals surface area contributed by atoms with E-state index in [0.717, 1.165) is 0 Å². The van der Waals surface area contributed by atoms with E-state index in [-0.39, 0.29) is 11.4 Å². The molecule has 72 valence electrons. The highest BCUT2D eigenvalue weighted by atomic mass is 16.3. The van der Waals surface area contributed by atoms with Crippen LogP contribution >= 0.6 is 0 Å². The Morgan fingerprint density at radius 1 is 1.46 bits per heavy atom. The Morgan fingerprint density at radius 2 is 2.08 bits per heavy atom. The zero-order valence-electron chi connectivity index (χ0n) is 8.16. The minimum Gasteiger partial charge on any atom is -0.493 e. The Kier molecular flexibility index (Phi) is 2.70. The maximum absolute atomic E-state index is 11.6. The van der Waals surface area contributed by atoms with Crippen LogP contribution in [0.5, 0.6) is 5.88 Å². The molecule has 1 N–H and O–H groups in total. The summed E-state index contributed by atoms with van der Waals surface area (Å²) in [6.07, 6.45) is 0.650. The van der Waals surface area contributed by atoms with E-state index in [1.54, 1.807) is 11.5 Å². The Morgan fingerprint density at radius 3 is 2.54 bits per heavy atom. The third-order valence-electron chi connectivity index (χ3n) is 2.08. The van der Waals surface area contributed by atoms with Gasteiger partial charge in [0.15, 0.2) is 0 Å². The topological polar surface area (TPSA) is 55.1 Å². The number of rotatable bonds is 2. The molecule has 0 saturated heterocycles. The first-order chi connectivity index (χ1) is 6.11. The van der Waals surface area contributed by atoms with E-state index in [0.29, 0.717) is 24.4 Å². The molecule has 13 heavy (non-hydrogen) atoms. The monoisotopic (exact) mass is 182 g/mol. The summed E-state index contributed by atoms with van der Waals surface area (Å²) in [6, 6.07) is 0. The normalized spacial score (nSPS) is 10.4. The summed E-state index contributed by atoms with van der Waals surface area (Å²) >= 11 is 0. The van der Waals surface area contributed by atoms with Crippen molar-refractivity contribution in [3.8, 4) is 5.88 Å². The number of nitrogens with zero attached hydrogens (tertiary/aromatic N) is 2. The van der Waals surface area contributed by atoms with E-state index in [9.17, 15) is 9.90 Å². The average molecular weight is 182 g/mol. The zero-order valence-corrected chi connectivity index (χ0v) is 8.16. The van der Waals surface area contributed by atoms with Gasteiger partial charge in [-0.2, -0.15) is 4.98 Å². The quantitative estimate of drug-likeness (QED) is 0.737. The highest BCUT2D eigenvalue weighted by molar-refractivity contribution is 5.21. The van der Waals surface area contributed by atoms with E-state index in [1.807, 2.05) is 13.8 Å². The maximum atomic E-state index is 11.6. The summed E-state index contributed by atoms with van der Waals surface area (Å²) in [4.78, 5) is 15.5. The number of hydrogen-bond donors (Lipinski definition) is 1. The molecule has 1 heterocycles. The van der Waals surface area contributed by atoms with Gasteiger partial charge in [-0.15, -0.1) is 0 Å². The van der Waals surface area contributed by atoms with Gasteiger partial charge in [-0.1, -0.05) is 6.92 Å². The van der Waals surface area contributed by atoms with Crippen molar-refractivity contribution >= 4 is 0 Å². The van der Waals surface area contributed by atoms with Crippen molar-refractivity contribution in [2.75, 3.05) is 0 Å². The lowest BCUT2D eigenvalue weighted by molar-refractivity contribution is 0.435. The van der Waals surface area contributed by atoms with Gasteiger partial charge in [-0.05, 0) is 13.8 Å². The predicted octanol–water partition coefficient (Wildman–Crippen LogP) is 0.840. The fraction of sp³-hybridized carbons (Fsp3) is 0.556. The molecule has 0 unspecified atom stereocenters. The van der Waals surface area contributed by atoms with Crippen LogP contribution < -0.4 is 5.56 Å². The number of aromatic hydroxyl groups is 1. The number of aryl methyl sites for hydroxylation is 1. The van der Waals surface area contributed by atoms with Crippen molar-refractivity contribution < 1.29 is 5.11 Å². The van der Waals surface area contributed by atoms with Crippen molar-refractivity contribution in [3.63, 3.8) is 0 Å². The van der Waals surface area contributed by atoms with Gasteiger partial charge in [0, 0.05) is 13.0 Å². The van der Waals surface area contributed by atoms with E-state index < -0.39 is 0 Å². The summed E-state index contributed by atoms with van der Waals surface area (Å²) in [6.45, 7) is 5.97. The third kappa shape index (κ3) is 1.56. The maximum Gasteiger partial charge on any atom is 0.260 e. The fourth-order valence-electron chi connectivity index (χ4n) is 1.28. The summed E-state index contributed by atoms with van der Waals surface area (Å²) in [5, 5.41) is 9.31. The van der Waals surface area contributed by atoms with E-state index in [4.69, 9.17) is 0 Å². The Balaban J connectivity index is 3.48. The molecule has 1 aromatic rings. The first kappa shape index (κ1) is 9.77. The standard InChI is InChI=1S/C9H14N2O2/c1-4-7-10-8(12)6(3)9(13)11(7)5-2/h12H,4-5H2,1-3H3. The van der Waals surface area contributed by atoms with Crippen LogP contribution in [0.3, 0.4) is 0 Å².